The Balaban J connectivity index is 3.97. The van der Waals surface area contributed by atoms with E-state index in [2.05, 4.69) is 20.8 Å². The maximum Gasteiger partial charge on any atom is 0.306 e. The van der Waals surface area contributed by atoms with Gasteiger partial charge in [0, 0.05) is 12.8 Å². The number of carbonyl (C=O) groups excluding carboxylic acids is 2. The molecule has 0 amide bonds. The Bertz CT molecular complexity index is 882. The molecule has 0 fully saturated rings. The first-order valence-electron chi connectivity index (χ1n) is 16.6. The molecule has 0 rings (SSSR count). The highest BCUT2D eigenvalue weighted by Gasteiger charge is 2.16. The van der Waals surface area contributed by atoms with Crippen LogP contribution in [0.5, 0.6) is 0 Å². The fraction of sp³-hybridized carbons (Fsp3) is 0.622. The van der Waals surface area contributed by atoms with Crippen molar-refractivity contribution in [2.45, 2.75) is 129 Å². The number of carbonyl (C=O) groups is 2. The largest absolute Gasteiger partial charge is 0.462 e. The van der Waals surface area contributed by atoms with Crippen molar-refractivity contribution in [1.29, 1.82) is 0 Å². The van der Waals surface area contributed by atoms with Crippen LogP contribution in [0.15, 0.2) is 72.9 Å². The highest BCUT2D eigenvalue weighted by molar-refractivity contribution is 5.70. The zero-order valence-corrected chi connectivity index (χ0v) is 27.5. The van der Waals surface area contributed by atoms with Gasteiger partial charge in [-0.2, -0.15) is 0 Å². The number of rotatable bonds is 27. The predicted octanol–water partition coefficient (Wildman–Crippen LogP) is 7.63. The van der Waals surface area contributed by atoms with Gasteiger partial charge in [0.2, 0.25) is 0 Å². The minimum absolute atomic E-state index is 0.141. The quantitative estimate of drug-likeness (QED) is 0.0376. The summed E-state index contributed by atoms with van der Waals surface area (Å²) in [5.41, 5.74) is 0. The number of allylic oxidation sites excluding steroid dienone is 8. The Morgan fingerprint density at radius 1 is 0.727 bits per heavy atom. The van der Waals surface area contributed by atoms with E-state index in [0.717, 1.165) is 38.0 Å². The van der Waals surface area contributed by atoms with Crippen LogP contribution in [0.25, 0.3) is 0 Å². The van der Waals surface area contributed by atoms with Crippen molar-refractivity contribution < 1.29 is 34.4 Å². The highest BCUT2D eigenvalue weighted by atomic mass is 16.6. The normalized spacial score (nSPS) is 14.7. The molecular weight excluding hydrogens is 556 g/mol. The maximum atomic E-state index is 12.1. The van der Waals surface area contributed by atoms with Gasteiger partial charge in [-0.15, -0.1) is 0 Å². The fourth-order valence-electron chi connectivity index (χ4n) is 4.06. The van der Waals surface area contributed by atoms with Crippen LogP contribution in [0.2, 0.25) is 0 Å². The smallest absolute Gasteiger partial charge is 0.306 e. The van der Waals surface area contributed by atoms with Crippen molar-refractivity contribution in [3.05, 3.63) is 72.9 Å². The molecule has 0 aliphatic rings. The molecule has 0 saturated carbocycles. The van der Waals surface area contributed by atoms with E-state index in [1.54, 1.807) is 24.3 Å². The Morgan fingerprint density at radius 3 is 2.07 bits per heavy atom. The Kier molecular flexibility index (Phi) is 28.4. The van der Waals surface area contributed by atoms with E-state index < -0.39 is 30.9 Å². The molecule has 7 heteroatoms. The SMILES string of the molecule is CC/C=C\C[C@H](O)/C=C/C=C\C/C=C\C=C\[C@H](O)/C=C\CCCC(=O)O[C@@H](CO)COC(=O)CCCCCCCCC(C)C. The average Bonchev–Trinajstić information content (AvgIpc) is 2.99. The van der Waals surface area contributed by atoms with Gasteiger partial charge < -0.3 is 24.8 Å². The molecule has 0 aromatic rings. The number of esters is 2. The van der Waals surface area contributed by atoms with Crippen LogP contribution in [0, 0.1) is 5.92 Å². The minimum atomic E-state index is -0.860. The van der Waals surface area contributed by atoms with Crippen molar-refractivity contribution in [3.63, 3.8) is 0 Å². The van der Waals surface area contributed by atoms with Gasteiger partial charge in [-0.3, -0.25) is 9.59 Å². The second kappa shape index (κ2) is 30.3. The molecule has 44 heavy (non-hydrogen) atoms. The van der Waals surface area contributed by atoms with E-state index in [0.29, 0.717) is 25.7 Å². The molecule has 0 radical (unpaired) electrons. The van der Waals surface area contributed by atoms with E-state index >= 15 is 0 Å². The summed E-state index contributed by atoms with van der Waals surface area (Å²) < 4.78 is 10.4. The lowest BCUT2D eigenvalue weighted by Gasteiger charge is -2.15. The second-order valence-corrected chi connectivity index (χ2v) is 11.4. The zero-order chi connectivity index (χ0) is 32.7. The van der Waals surface area contributed by atoms with E-state index in [9.17, 15) is 24.9 Å². The Labute approximate surface area is 267 Å². The molecule has 0 aliphatic carbocycles. The molecule has 0 heterocycles. The van der Waals surface area contributed by atoms with Crippen LogP contribution in [-0.2, 0) is 19.1 Å². The number of hydrogen-bond acceptors (Lipinski definition) is 7. The molecule has 0 unspecified atom stereocenters. The third-order valence-electron chi connectivity index (χ3n) is 6.62. The molecule has 250 valence electrons. The van der Waals surface area contributed by atoms with Crippen molar-refractivity contribution >= 4 is 11.9 Å². The first kappa shape index (κ1) is 41.3. The van der Waals surface area contributed by atoms with Gasteiger partial charge in [-0.25, -0.2) is 0 Å². The lowest BCUT2D eigenvalue weighted by Crippen LogP contribution is -2.28. The molecule has 0 spiro atoms. The van der Waals surface area contributed by atoms with Gasteiger partial charge in [0.15, 0.2) is 6.10 Å². The first-order chi connectivity index (χ1) is 21.3. The van der Waals surface area contributed by atoms with E-state index in [1.807, 2.05) is 48.6 Å². The number of aliphatic hydroxyl groups is 3. The van der Waals surface area contributed by atoms with E-state index in [1.165, 1.54) is 25.7 Å². The molecule has 0 bridgehead atoms. The molecule has 0 aromatic heterocycles. The molecular formula is C37H60O7. The number of hydrogen-bond donors (Lipinski definition) is 3. The van der Waals surface area contributed by atoms with Crippen molar-refractivity contribution in [2.75, 3.05) is 13.2 Å². The molecule has 3 atom stereocenters. The van der Waals surface area contributed by atoms with Gasteiger partial charge in [-0.05, 0) is 44.4 Å². The summed E-state index contributed by atoms with van der Waals surface area (Å²) >= 11 is 0. The Morgan fingerprint density at radius 2 is 1.39 bits per heavy atom. The molecule has 0 saturated heterocycles. The van der Waals surface area contributed by atoms with Gasteiger partial charge >= 0.3 is 11.9 Å². The number of ether oxygens (including phenoxy) is 2. The van der Waals surface area contributed by atoms with Crippen LogP contribution in [0.4, 0.5) is 0 Å². The fourth-order valence-corrected chi connectivity index (χ4v) is 4.06. The van der Waals surface area contributed by atoms with Crippen LogP contribution in [0.1, 0.15) is 111 Å². The summed E-state index contributed by atoms with van der Waals surface area (Å²) in [7, 11) is 0. The molecule has 7 nitrogen and oxygen atoms in total. The second-order valence-electron chi connectivity index (χ2n) is 11.4. The molecule has 3 N–H and O–H groups in total. The van der Waals surface area contributed by atoms with Crippen LogP contribution in [-0.4, -0.2) is 58.8 Å². The zero-order valence-electron chi connectivity index (χ0n) is 27.5. The predicted molar refractivity (Wildman–Crippen MR) is 180 cm³/mol. The van der Waals surface area contributed by atoms with Crippen molar-refractivity contribution in [2.24, 2.45) is 5.92 Å². The van der Waals surface area contributed by atoms with Gasteiger partial charge in [-0.1, -0.05) is 132 Å². The van der Waals surface area contributed by atoms with Gasteiger partial charge in [0.05, 0.1) is 18.8 Å². The highest BCUT2D eigenvalue weighted by Crippen LogP contribution is 2.12. The summed E-state index contributed by atoms with van der Waals surface area (Å²) in [5, 5.41) is 29.3. The molecule has 0 aromatic carbocycles. The number of aliphatic hydroxyl groups excluding tert-OH is 3. The first-order valence-corrected chi connectivity index (χ1v) is 16.6. The summed E-state index contributed by atoms with van der Waals surface area (Å²) in [6, 6.07) is 0. The topological polar surface area (TPSA) is 113 Å². The Hall–Kier alpha value is -2.74. The van der Waals surface area contributed by atoms with Crippen LogP contribution < -0.4 is 0 Å². The number of unbranched alkanes of at least 4 members (excludes halogenated alkanes) is 6. The van der Waals surface area contributed by atoms with E-state index in [4.69, 9.17) is 9.47 Å². The minimum Gasteiger partial charge on any atom is -0.462 e. The summed E-state index contributed by atoms with van der Waals surface area (Å²) in [5.74, 6) is -0.0354. The van der Waals surface area contributed by atoms with Crippen molar-refractivity contribution in [1.82, 2.24) is 0 Å². The van der Waals surface area contributed by atoms with Crippen molar-refractivity contribution in [3.8, 4) is 0 Å². The third-order valence-corrected chi connectivity index (χ3v) is 6.62. The average molecular weight is 617 g/mol. The van der Waals surface area contributed by atoms with Gasteiger partial charge in [0.1, 0.15) is 6.61 Å². The van der Waals surface area contributed by atoms with E-state index in [-0.39, 0.29) is 19.0 Å². The monoisotopic (exact) mass is 616 g/mol. The molecule has 0 aliphatic heterocycles. The van der Waals surface area contributed by atoms with Crippen LogP contribution in [0.3, 0.4) is 0 Å². The standard InChI is InChI=1S/C37H60O7/c1-4-5-16-24-33(39)25-18-12-7-6-8-13-19-26-34(40)27-20-15-22-29-37(42)44-35(30-38)31-43-36(41)28-21-14-10-9-11-17-23-32(2)3/h5,7-8,12-13,16,18-20,25-27,32-35,38-40H,4,6,9-11,14-15,17,21-24,28-31H2,1-3H3/b12-7-,13-8-,16-5-,25-18+,26-19+,27-20-/t33-,34-,35-/m0/s1. The van der Waals surface area contributed by atoms with Gasteiger partial charge in [0.25, 0.3) is 0 Å². The summed E-state index contributed by atoms with van der Waals surface area (Å²) in [6.45, 7) is 6.00. The maximum absolute atomic E-state index is 12.1. The summed E-state index contributed by atoms with van der Waals surface area (Å²) in [6.07, 6.45) is 32.0. The lowest BCUT2D eigenvalue weighted by molar-refractivity contribution is -0.161. The lowest BCUT2D eigenvalue weighted by atomic mass is 10.0. The van der Waals surface area contributed by atoms with Crippen LogP contribution >= 0.6 is 0 Å². The third kappa shape index (κ3) is 29.3. The summed E-state index contributed by atoms with van der Waals surface area (Å²) in [4.78, 5) is 24.0.